The third-order valence-corrected chi connectivity index (χ3v) is 8.05. The number of alkyl halides is 3. The Balaban J connectivity index is 1.67. The summed E-state index contributed by atoms with van der Waals surface area (Å²) >= 11 is 0. The molecule has 8 heteroatoms. The van der Waals surface area contributed by atoms with Crippen molar-refractivity contribution < 1.29 is 22.4 Å². The van der Waals surface area contributed by atoms with E-state index < -0.39 is 29.0 Å². The molecule has 1 unspecified atom stereocenters. The molecule has 3 aromatic carbocycles. The molecule has 1 fully saturated rings. The average molecular weight is 580 g/mol. The highest BCUT2D eigenvalue weighted by molar-refractivity contribution is 6.10. The van der Waals surface area contributed by atoms with Gasteiger partial charge in [0.25, 0.3) is 5.91 Å². The predicted octanol–water partition coefficient (Wildman–Crippen LogP) is 8.64. The molecular formula is C34H37F4N3O. The molecule has 1 amide bonds. The summed E-state index contributed by atoms with van der Waals surface area (Å²) < 4.78 is 56.7. The summed E-state index contributed by atoms with van der Waals surface area (Å²) in [5, 5.41) is 2.51. The molecule has 4 nitrogen and oxygen atoms in total. The molecule has 0 bridgehead atoms. The lowest BCUT2D eigenvalue weighted by Crippen LogP contribution is -2.34. The van der Waals surface area contributed by atoms with E-state index in [4.69, 9.17) is 5.73 Å². The van der Waals surface area contributed by atoms with Crippen molar-refractivity contribution in [2.75, 3.05) is 5.32 Å². The number of nitrogens with one attached hydrogen (secondary N) is 1. The van der Waals surface area contributed by atoms with Crippen molar-refractivity contribution in [3.8, 4) is 0 Å². The van der Waals surface area contributed by atoms with Crippen molar-refractivity contribution in [3.63, 3.8) is 0 Å². The fraction of sp³-hybridized carbons (Fsp3) is 0.353. The predicted molar refractivity (Wildman–Crippen MR) is 160 cm³/mol. The van der Waals surface area contributed by atoms with Gasteiger partial charge in [-0.2, -0.15) is 13.2 Å². The molecule has 4 rings (SSSR count). The van der Waals surface area contributed by atoms with Crippen LogP contribution in [0.25, 0.3) is 0 Å². The van der Waals surface area contributed by atoms with Crippen LogP contribution in [0.4, 0.5) is 28.9 Å². The van der Waals surface area contributed by atoms with Gasteiger partial charge in [-0.15, -0.1) is 0 Å². The van der Waals surface area contributed by atoms with E-state index in [0.29, 0.717) is 17.6 Å². The van der Waals surface area contributed by atoms with Gasteiger partial charge in [0.05, 0.1) is 11.4 Å². The number of carbonyl (C=O) groups excluding carboxylic acids is 1. The topological polar surface area (TPSA) is 67.5 Å². The number of carbonyl (C=O) groups is 1. The Hall–Kier alpha value is -3.78. The summed E-state index contributed by atoms with van der Waals surface area (Å²) in [6, 6.07) is 20.9. The lowest BCUT2D eigenvalue weighted by Gasteiger charge is -2.40. The first-order valence-electron chi connectivity index (χ1n) is 14.2. The summed E-state index contributed by atoms with van der Waals surface area (Å²) in [5.41, 5.74) is 6.19. The van der Waals surface area contributed by atoms with Crippen LogP contribution in [0, 0.1) is 17.7 Å². The Labute approximate surface area is 244 Å². The zero-order valence-electron chi connectivity index (χ0n) is 24.1. The van der Waals surface area contributed by atoms with Crippen LogP contribution in [0.5, 0.6) is 0 Å². The lowest BCUT2D eigenvalue weighted by molar-refractivity contribution is -0.112. The molecule has 1 aliphatic carbocycles. The van der Waals surface area contributed by atoms with E-state index in [2.05, 4.69) is 36.3 Å². The number of benzene rings is 3. The zero-order valence-corrected chi connectivity index (χ0v) is 24.1. The minimum Gasteiger partial charge on any atom is -0.326 e. The molecule has 0 radical (unpaired) electrons. The number of rotatable bonds is 11. The van der Waals surface area contributed by atoms with Gasteiger partial charge in [0, 0.05) is 17.5 Å². The fourth-order valence-electron chi connectivity index (χ4n) is 5.44. The molecule has 0 aromatic heterocycles. The number of hydrogen-bond acceptors (Lipinski definition) is 3. The van der Waals surface area contributed by atoms with E-state index in [0.717, 1.165) is 24.0 Å². The Morgan fingerprint density at radius 1 is 1.02 bits per heavy atom. The van der Waals surface area contributed by atoms with Crippen LogP contribution in [0.3, 0.4) is 0 Å². The van der Waals surface area contributed by atoms with Crippen molar-refractivity contribution >= 4 is 23.0 Å². The molecule has 1 aliphatic rings. The summed E-state index contributed by atoms with van der Waals surface area (Å²) in [6.45, 7) is 5.66. The van der Waals surface area contributed by atoms with Crippen molar-refractivity contribution in [1.29, 1.82) is 0 Å². The van der Waals surface area contributed by atoms with Crippen LogP contribution >= 0.6 is 0 Å². The quantitative estimate of drug-likeness (QED) is 0.136. The van der Waals surface area contributed by atoms with Gasteiger partial charge in [0.1, 0.15) is 11.5 Å². The fourth-order valence-corrected chi connectivity index (χ4v) is 5.44. The number of allylic oxidation sites excluding steroid dienone is 1. The SMILES string of the molecule is C/C(=C\C(=N/c1cccc(CN)c1)C(F)(F)F)C(=O)Nc1cc(C(CCC2CC2)(c2ccccc2)C(C)C)ccc1F. The van der Waals surface area contributed by atoms with E-state index in [1.807, 2.05) is 18.2 Å². The minimum absolute atomic E-state index is 0.0608. The normalized spacial score (nSPS) is 15.9. The van der Waals surface area contributed by atoms with Gasteiger partial charge in [-0.25, -0.2) is 9.38 Å². The third-order valence-electron chi connectivity index (χ3n) is 8.05. The summed E-state index contributed by atoms with van der Waals surface area (Å²) in [4.78, 5) is 16.8. The summed E-state index contributed by atoms with van der Waals surface area (Å²) in [5.74, 6) is -0.693. The highest BCUT2D eigenvalue weighted by Crippen LogP contribution is 2.47. The number of amides is 1. The molecule has 1 atom stereocenters. The Morgan fingerprint density at radius 3 is 2.36 bits per heavy atom. The lowest BCUT2D eigenvalue weighted by atomic mass is 9.64. The highest BCUT2D eigenvalue weighted by Gasteiger charge is 2.39. The molecule has 42 heavy (non-hydrogen) atoms. The Morgan fingerprint density at radius 2 is 1.74 bits per heavy atom. The average Bonchev–Trinajstić information content (AvgIpc) is 3.79. The van der Waals surface area contributed by atoms with Gasteiger partial charge in [0.2, 0.25) is 0 Å². The molecular weight excluding hydrogens is 542 g/mol. The monoisotopic (exact) mass is 579 g/mol. The van der Waals surface area contributed by atoms with Gasteiger partial charge >= 0.3 is 6.18 Å². The number of nitrogens with two attached hydrogens (primary N) is 1. The van der Waals surface area contributed by atoms with Gasteiger partial charge in [-0.05, 0) is 78.6 Å². The first kappa shape index (κ1) is 31.2. The maximum atomic E-state index is 15.1. The van der Waals surface area contributed by atoms with Gasteiger partial charge in [0.15, 0.2) is 0 Å². The van der Waals surface area contributed by atoms with Crippen molar-refractivity contribution in [1.82, 2.24) is 0 Å². The molecule has 1 saturated carbocycles. The maximum Gasteiger partial charge on any atom is 0.433 e. The van der Waals surface area contributed by atoms with Crippen LogP contribution < -0.4 is 11.1 Å². The Kier molecular flexibility index (Phi) is 9.67. The van der Waals surface area contributed by atoms with Crippen LogP contribution in [0.2, 0.25) is 0 Å². The number of anilines is 1. The third kappa shape index (κ3) is 7.34. The number of aliphatic imine (C=N–C) groups is 1. The van der Waals surface area contributed by atoms with E-state index in [1.165, 1.54) is 38.0 Å². The van der Waals surface area contributed by atoms with Crippen LogP contribution in [-0.2, 0) is 16.8 Å². The first-order chi connectivity index (χ1) is 19.9. The first-order valence-corrected chi connectivity index (χ1v) is 14.2. The van der Waals surface area contributed by atoms with Crippen LogP contribution in [-0.4, -0.2) is 17.8 Å². The maximum absolute atomic E-state index is 15.1. The summed E-state index contributed by atoms with van der Waals surface area (Å²) in [6.07, 6.45) is 0.154. The molecule has 3 aromatic rings. The largest absolute Gasteiger partial charge is 0.433 e. The van der Waals surface area contributed by atoms with Crippen molar-refractivity contribution in [3.05, 3.63) is 107 Å². The molecule has 0 aliphatic heterocycles. The standard InChI is InChI=1S/C34H37F4N3O/c1-22(2)33(17-16-24-12-13-24,26-9-5-4-6-10-26)27-14-15-29(35)30(20-27)41-32(42)23(3)18-31(34(36,37)38)40-28-11-7-8-25(19-28)21-39/h4-11,14-15,18-20,22,24H,12-13,16-17,21,39H2,1-3H3,(H,41,42)/b23-18+,40-31+. The number of nitrogens with zero attached hydrogens (tertiary/aromatic N) is 1. The number of hydrogen-bond donors (Lipinski definition) is 2. The second-order valence-corrected chi connectivity index (χ2v) is 11.3. The summed E-state index contributed by atoms with van der Waals surface area (Å²) in [7, 11) is 0. The van der Waals surface area contributed by atoms with E-state index >= 15 is 4.39 Å². The second-order valence-electron chi connectivity index (χ2n) is 11.3. The van der Waals surface area contributed by atoms with Crippen molar-refractivity contribution in [2.45, 2.75) is 64.6 Å². The number of halogens is 4. The van der Waals surface area contributed by atoms with E-state index in [9.17, 15) is 18.0 Å². The van der Waals surface area contributed by atoms with Crippen LogP contribution in [0.15, 0.2) is 89.4 Å². The Bertz CT molecular complexity index is 1460. The molecule has 0 saturated heterocycles. The zero-order chi connectivity index (χ0) is 30.5. The highest BCUT2D eigenvalue weighted by atomic mass is 19.4. The molecule has 3 N–H and O–H groups in total. The minimum atomic E-state index is -4.82. The molecule has 0 heterocycles. The van der Waals surface area contributed by atoms with Gasteiger partial charge in [-0.3, -0.25) is 4.79 Å². The molecule has 222 valence electrons. The van der Waals surface area contributed by atoms with E-state index in [-0.39, 0.29) is 29.4 Å². The van der Waals surface area contributed by atoms with Gasteiger partial charge < -0.3 is 11.1 Å². The van der Waals surface area contributed by atoms with Crippen molar-refractivity contribution in [2.24, 2.45) is 22.6 Å². The molecule has 0 spiro atoms. The van der Waals surface area contributed by atoms with Crippen LogP contribution in [0.1, 0.15) is 63.1 Å². The smallest absolute Gasteiger partial charge is 0.326 e. The van der Waals surface area contributed by atoms with Gasteiger partial charge in [-0.1, -0.05) is 75.2 Å². The van der Waals surface area contributed by atoms with E-state index in [1.54, 1.807) is 24.3 Å². The second kappa shape index (κ2) is 13.0.